The molecule has 11 heavy (non-hydrogen) atoms. The van der Waals surface area contributed by atoms with Crippen molar-refractivity contribution in [3.8, 4) is 0 Å². The van der Waals surface area contributed by atoms with E-state index in [1.165, 1.54) is 20.8 Å². The second kappa shape index (κ2) is 8.15. The van der Waals surface area contributed by atoms with Crippen LogP contribution in [0, 0.1) is 11.8 Å². The predicted octanol–water partition coefficient (Wildman–Crippen LogP) is 3.61. The average Bonchev–Trinajstić information content (AvgIpc) is 2.13. The van der Waals surface area contributed by atoms with Crippen LogP contribution in [0.1, 0.15) is 27.7 Å². The molecule has 0 saturated heterocycles. The minimum absolute atomic E-state index is 1.01. The standard InChI is InChI=1S/C8H20As.CN/c1-5-9(6-2,7-3)8-4;1-2/h5-8H2,1-4H3;/q+1;-1. The molecule has 0 rings (SSSR count). The second-order valence-electron chi connectivity index (χ2n) is 2.61. The van der Waals surface area contributed by atoms with E-state index in [9.17, 15) is 0 Å². The van der Waals surface area contributed by atoms with E-state index in [4.69, 9.17) is 11.8 Å². The summed E-state index contributed by atoms with van der Waals surface area (Å²) < 4.78 is 0. The first-order valence-electron chi connectivity index (χ1n) is 4.32. The van der Waals surface area contributed by atoms with E-state index in [-0.39, 0.29) is 0 Å². The molecule has 0 radical (unpaired) electrons. The van der Waals surface area contributed by atoms with Gasteiger partial charge in [0.2, 0.25) is 0 Å². The molecular weight excluding hydrogens is 197 g/mol. The summed E-state index contributed by atoms with van der Waals surface area (Å²) in [5.41, 5.74) is 0. The van der Waals surface area contributed by atoms with Crippen LogP contribution >= 0.6 is 0 Å². The molecule has 0 saturated carbocycles. The smallest absolute Gasteiger partial charge is 0.488 e. The summed E-state index contributed by atoms with van der Waals surface area (Å²) in [5.74, 6) is 0. The van der Waals surface area contributed by atoms with E-state index in [1.54, 1.807) is 0 Å². The first-order chi connectivity index (χ1) is 5.24. The van der Waals surface area contributed by atoms with E-state index >= 15 is 0 Å². The van der Waals surface area contributed by atoms with Crippen LogP contribution < -0.4 is 0 Å². The summed E-state index contributed by atoms with van der Waals surface area (Å²) in [6.45, 7) is 14.3. The predicted molar refractivity (Wildman–Crippen MR) is 52.6 cm³/mol. The number of hydrogen-bond acceptors (Lipinski definition) is 1. The van der Waals surface area contributed by atoms with Crippen molar-refractivity contribution in [2.45, 2.75) is 48.5 Å². The molecule has 0 bridgehead atoms. The summed E-state index contributed by atoms with van der Waals surface area (Å²) in [6.07, 6.45) is 0. The molecule has 0 heterocycles. The Morgan fingerprint density at radius 2 is 1.00 bits per heavy atom. The second-order valence-corrected chi connectivity index (χ2v) is 13.5. The fraction of sp³-hybridized carbons (Fsp3) is 0.889. The summed E-state index contributed by atoms with van der Waals surface area (Å²) in [7, 11) is 0. The molecule has 1 nitrogen and oxygen atoms in total. The van der Waals surface area contributed by atoms with Crippen molar-refractivity contribution in [2.24, 2.45) is 0 Å². The molecule has 0 fully saturated rings. The zero-order valence-electron chi connectivity index (χ0n) is 8.22. The van der Waals surface area contributed by atoms with Crippen LogP contribution in [0.4, 0.5) is 0 Å². The van der Waals surface area contributed by atoms with Crippen LogP contribution in [0.5, 0.6) is 0 Å². The molecule has 0 N–H and O–H groups in total. The third kappa shape index (κ3) is 4.48. The Balaban J connectivity index is 0. The van der Waals surface area contributed by atoms with Gasteiger partial charge in [-0.05, 0) is 0 Å². The van der Waals surface area contributed by atoms with Gasteiger partial charge >= 0.3 is 62.1 Å². The summed E-state index contributed by atoms with van der Waals surface area (Å²) >= 11 is -1.01. The van der Waals surface area contributed by atoms with Gasteiger partial charge in [0.25, 0.3) is 0 Å². The molecule has 66 valence electrons. The van der Waals surface area contributed by atoms with Crippen molar-refractivity contribution in [1.29, 1.82) is 5.26 Å². The molecule has 0 spiro atoms. The fourth-order valence-electron chi connectivity index (χ4n) is 1.34. The molecule has 2 heteroatoms. The van der Waals surface area contributed by atoms with Gasteiger partial charge in [0, 0.05) is 0 Å². The van der Waals surface area contributed by atoms with Crippen molar-refractivity contribution in [1.82, 2.24) is 0 Å². The van der Waals surface area contributed by atoms with Gasteiger partial charge < -0.3 is 11.8 Å². The molecule has 0 aliphatic rings. The van der Waals surface area contributed by atoms with E-state index in [2.05, 4.69) is 27.7 Å². The summed E-state index contributed by atoms with van der Waals surface area (Å²) in [5, 5.41) is 12.3. The molecule has 0 aromatic heterocycles. The van der Waals surface area contributed by atoms with Crippen LogP contribution in [-0.2, 0) is 0 Å². The molecule has 0 aliphatic carbocycles. The molecule has 0 unspecified atom stereocenters. The van der Waals surface area contributed by atoms with Gasteiger partial charge in [0.05, 0.1) is 0 Å². The topological polar surface area (TPSA) is 23.8 Å². The maximum Gasteiger partial charge on any atom is -0.488 e. The van der Waals surface area contributed by atoms with Crippen LogP contribution in [0.3, 0.4) is 0 Å². The first kappa shape index (κ1) is 13.6. The van der Waals surface area contributed by atoms with Gasteiger partial charge in [-0.3, -0.25) is 0 Å². The Kier molecular flexibility index (Phi) is 10.1. The van der Waals surface area contributed by atoms with Gasteiger partial charge in [-0.1, -0.05) is 0 Å². The molecular formula is C9H20AsN. The summed E-state index contributed by atoms with van der Waals surface area (Å²) in [6, 6.07) is 0. The normalized spacial score (nSPS) is 10.0. The monoisotopic (exact) mass is 217 g/mol. The van der Waals surface area contributed by atoms with E-state index in [1.807, 2.05) is 0 Å². The maximum atomic E-state index is 6.25. The molecule has 0 aromatic rings. The van der Waals surface area contributed by atoms with Crippen LogP contribution in [-0.4, -0.2) is 13.6 Å². The van der Waals surface area contributed by atoms with Gasteiger partial charge in [0.1, 0.15) is 0 Å². The first-order valence-corrected chi connectivity index (χ1v) is 9.62. The van der Waals surface area contributed by atoms with Crippen molar-refractivity contribution in [3.05, 3.63) is 6.57 Å². The third-order valence-electron chi connectivity index (χ3n) is 2.68. The Hall–Kier alpha value is 0.0484. The minimum Gasteiger partial charge on any atom is -0.512 e. The van der Waals surface area contributed by atoms with Gasteiger partial charge in [-0.15, -0.1) is 0 Å². The Morgan fingerprint density at radius 1 is 0.818 bits per heavy atom. The minimum atomic E-state index is -1.01. The molecule has 0 aromatic carbocycles. The maximum absolute atomic E-state index is 6.25. The van der Waals surface area contributed by atoms with E-state index in [0.29, 0.717) is 0 Å². The Morgan fingerprint density at radius 3 is 1.00 bits per heavy atom. The van der Waals surface area contributed by atoms with Crippen molar-refractivity contribution in [2.75, 3.05) is 0 Å². The van der Waals surface area contributed by atoms with E-state index < -0.39 is 13.6 Å². The van der Waals surface area contributed by atoms with Gasteiger partial charge in [-0.2, -0.15) is 0 Å². The van der Waals surface area contributed by atoms with Crippen LogP contribution in [0.15, 0.2) is 0 Å². The Bertz CT molecular complexity index is 77.5. The zero-order valence-corrected chi connectivity index (χ0v) is 10.1. The SMILES string of the molecule is CC[As+](CC)(CC)CC.[C-]#N. The quantitative estimate of drug-likeness (QED) is 0.521. The number of hydrogen-bond donors (Lipinski definition) is 0. The fourth-order valence-corrected chi connectivity index (χ4v) is 6.97. The van der Waals surface area contributed by atoms with Crippen molar-refractivity contribution in [3.63, 3.8) is 0 Å². The largest absolute Gasteiger partial charge is 0.512 e. The number of nitrogens with zero attached hydrogens (tertiary/aromatic N) is 1. The number of rotatable bonds is 4. The Labute approximate surface area is 74.2 Å². The van der Waals surface area contributed by atoms with Crippen LogP contribution in [0.25, 0.3) is 0 Å². The summed E-state index contributed by atoms with van der Waals surface area (Å²) in [4.78, 5) is 0. The third-order valence-corrected chi connectivity index (χ3v) is 13.9. The van der Waals surface area contributed by atoms with Crippen molar-refractivity contribution < 1.29 is 0 Å². The zero-order chi connectivity index (χ0) is 9.33. The molecule has 0 amide bonds. The van der Waals surface area contributed by atoms with E-state index in [0.717, 1.165) is 0 Å². The average molecular weight is 217 g/mol. The van der Waals surface area contributed by atoms with Gasteiger partial charge in [0.15, 0.2) is 0 Å². The molecule has 0 aliphatic heterocycles. The molecule has 0 atom stereocenters. The van der Waals surface area contributed by atoms with Gasteiger partial charge in [-0.25, -0.2) is 0 Å². The van der Waals surface area contributed by atoms with Crippen LogP contribution in [0.2, 0.25) is 20.8 Å². The van der Waals surface area contributed by atoms with Crippen molar-refractivity contribution >= 4 is 13.6 Å².